The van der Waals surface area contributed by atoms with Gasteiger partial charge in [0.15, 0.2) is 0 Å². The van der Waals surface area contributed by atoms with E-state index in [4.69, 9.17) is 0 Å². The minimum absolute atomic E-state index is 0.0239. The molecule has 0 aromatic rings. The smallest absolute Gasteiger partial charge is 0.142 e. The number of carbonyl (C=O) groups excluding carboxylic acids is 1. The van der Waals surface area contributed by atoms with Gasteiger partial charge in [-0.05, 0) is 43.9 Å². The Labute approximate surface area is 165 Å². The van der Waals surface area contributed by atoms with E-state index in [1.807, 2.05) is 6.08 Å². The quantitative estimate of drug-likeness (QED) is 0.460. The fourth-order valence-corrected chi connectivity index (χ4v) is 6.19. The summed E-state index contributed by atoms with van der Waals surface area (Å²) in [5.41, 5.74) is -0.251. The standard InChI is InChI=1S/C24H40O3/c1-3-4-5-9-12-19-22-18(21(26)15-16-24(22,2)23(19)27)13-14-20(25)17-10-7-6-8-11-17/h13-14,17-22,25-26H,3-12,15-16H2,1-2H3/b14-13+/t18-,19?,20+,21+,22-,24-/m0/s1. The van der Waals surface area contributed by atoms with Crippen LogP contribution in [0.1, 0.15) is 90.9 Å². The molecule has 1 unspecified atom stereocenters. The molecule has 2 N–H and O–H groups in total. The van der Waals surface area contributed by atoms with Crippen molar-refractivity contribution >= 4 is 5.78 Å². The highest BCUT2D eigenvalue weighted by atomic mass is 16.3. The largest absolute Gasteiger partial charge is 0.393 e. The summed E-state index contributed by atoms with van der Waals surface area (Å²) < 4.78 is 0. The van der Waals surface area contributed by atoms with Crippen LogP contribution >= 0.6 is 0 Å². The summed E-state index contributed by atoms with van der Waals surface area (Å²) >= 11 is 0. The molecule has 6 atom stereocenters. The second-order valence-corrected chi connectivity index (χ2v) is 9.72. The Morgan fingerprint density at radius 3 is 2.59 bits per heavy atom. The van der Waals surface area contributed by atoms with Crippen LogP contribution in [0, 0.1) is 29.1 Å². The van der Waals surface area contributed by atoms with E-state index < -0.39 is 6.10 Å². The predicted octanol–water partition coefficient (Wildman–Crippen LogP) is 5.05. The van der Waals surface area contributed by atoms with E-state index in [9.17, 15) is 15.0 Å². The molecule has 0 spiro atoms. The SMILES string of the molecule is CCCCCCC1C(=O)[C@@]2(C)CC[C@@H](O)[C@H](/C=C/[C@@H](O)C3CCCCC3)[C@@H]12. The molecule has 3 aliphatic carbocycles. The van der Waals surface area contributed by atoms with Crippen LogP contribution in [0.2, 0.25) is 0 Å². The van der Waals surface area contributed by atoms with Crippen LogP contribution in [0.15, 0.2) is 12.2 Å². The maximum atomic E-state index is 12.9. The number of fused-ring (bicyclic) bond motifs is 1. The highest BCUT2D eigenvalue weighted by Gasteiger charge is 2.62. The second kappa shape index (κ2) is 9.22. The summed E-state index contributed by atoms with van der Waals surface area (Å²) in [6.45, 7) is 4.33. The topological polar surface area (TPSA) is 57.5 Å². The lowest BCUT2D eigenvalue weighted by atomic mass is 9.44. The zero-order valence-corrected chi connectivity index (χ0v) is 17.4. The van der Waals surface area contributed by atoms with E-state index in [-0.39, 0.29) is 29.3 Å². The number of aliphatic hydroxyl groups excluding tert-OH is 2. The lowest BCUT2D eigenvalue weighted by molar-refractivity contribution is -0.173. The summed E-state index contributed by atoms with van der Waals surface area (Å²) in [5.74, 6) is 1.20. The number of hydrogen-bond acceptors (Lipinski definition) is 3. The van der Waals surface area contributed by atoms with Gasteiger partial charge in [0.05, 0.1) is 12.2 Å². The molecule has 0 aromatic heterocycles. The van der Waals surface area contributed by atoms with Gasteiger partial charge >= 0.3 is 0 Å². The summed E-state index contributed by atoms with van der Waals surface area (Å²) in [5, 5.41) is 21.3. The van der Waals surface area contributed by atoms with Crippen molar-refractivity contribution in [1.82, 2.24) is 0 Å². The number of Topliss-reactive ketones (excluding diaryl/α,β-unsaturated/α-hetero) is 1. The summed E-state index contributed by atoms with van der Waals surface area (Å²) in [6, 6.07) is 0. The number of unbranched alkanes of at least 4 members (excludes halogenated alkanes) is 3. The Morgan fingerprint density at radius 1 is 1.15 bits per heavy atom. The molecule has 3 aliphatic rings. The number of aliphatic hydroxyl groups is 2. The highest BCUT2D eigenvalue weighted by Crippen LogP contribution is 2.60. The first-order chi connectivity index (χ1) is 13.0. The summed E-state index contributed by atoms with van der Waals surface area (Å²) in [4.78, 5) is 12.9. The van der Waals surface area contributed by atoms with Gasteiger partial charge < -0.3 is 10.2 Å². The third kappa shape index (κ3) is 4.34. The molecular weight excluding hydrogens is 336 g/mol. The number of carbonyl (C=O) groups is 1. The molecule has 0 bridgehead atoms. The van der Waals surface area contributed by atoms with E-state index in [1.165, 1.54) is 38.5 Å². The first-order valence-corrected chi connectivity index (χ1v) is 11.6. The molecule has 0 aromatic carbocycles. The van der Waals surface area contributed by atoms with Crippen LogP contribution in [0.25, 0.3) is 0 Å². The summed E-state index contributed by atoms with van der Waals surface area (Å²) in [7, 11) is 0. The van der Waals surface area contributed by atoms with Crippen LogP contribution in [0.5, 0.6) is 0 Å². The van der Waals surface area contributed by atoms with Gasteiger partial charge in [0.25, 0.3) is 0 Å². The second-order valence-electron chi connectivity index (χ2n) is 9.72. The fourth-order valence-electron chi connectivity index (χ4n) is 6.19. The van der Waals surface area contributed by atoms with Crippen molar-refractivity contribution < 1.29 is 15.0 Å². The average molecular weight is 377 g/mol. The van der Waals surface area contributed by atoms with Crippen molar-refractivity contribution in [1.29, 1.82) is 0 Å². The molecule has 3 nitrogen and oxygen atoms in total. The number of hydrogen-bond donors (Lipinski definition) is 2. The Morgan fingerprint density at radius 2 is 1.89 bits per heavy atom. The van der Waals surface area contributed by atoms with Crippen molar-refractivity contribution in [2.24, 2.45) is 29.1 Å². The number of ketones is 1. The van der Waals surface area contributed by atoms with Crippen molar-refractivity contribution in [3.63, 3.8) is 0 Å². The summed E-state index contributed by atoms with van der Waals surface area (Å²) in [6.07, 6.45) is 16.5. The van der Waals surface area contributed by atoms with Crippen LogP contribution < -0.4 is 0 Å². The van der Waals surface area contributed by atoms with E-state index in [2.05, 4.69) is 19.9 Å². The molecule has 3 heteroatoms. The van der Waals surface area contributed by atoms with Crippen LogP contribution in [0.4, 0.5) is 0 Å². The van der Waals surface area contributed by atoms with Crippen molar-refractivity contribution in [2.75, 3.05) is 0 Å². The van der Waals surface area contributed by atoms with Gasteiger partial charge in [-0.2, -0.15) is 0 Å². The molecular formula is C24H40O3. The minimum atomic E-state index is -0.399. The maximum absolute atomic E-state index is 12.9. The fraction of sp³-hybridized carbons (Fsp3) is 0.875. The molecule has 3 fully saturated rings. The van der Waals surface area contributed by atoms with Gasteiger partial charge in [0.1, 0.15) is 5.78 Å². The van der Waals surface area contributed by atoms with Crippen molar-refractivity contribution in [3.05, 3.63) is 12.2 Å². The predicted molar refractivity (Wildman–Crippen MR) is 109 cm³/mol. The normalized spacial score (nSPS) is 38.6. The number of rotatable bonds is 8. The van der Waals surface area contributed by atoms with Crippen molar-refractivity contribution in [3.8, 4) is 0 Å². The van der Waals surface area contributed by atoms with Gasteiger partial charge in [0, 0.05) is 17.3 Å². The molecule has 3 rings (SSSR count). The zero-order chi connectivity index (χ0) is 19.4. The molecule has 0 saturated heterocycles. The van der Waals surface area contributed by atoms with Crippen LogP contribution in [0.3, 0.4) is 0 Å². The van der Waals surface area contributed by atoms with Crippen LogP contribution in [-0.4, -0.2) is 28.2 Å². The monoisotopic (exact) mass is 376 g/mol. The van der Waals surface area contributed by atoms with Gasteiger partial charge in [-0.15, -0.1) is 0 Å². The molecule has 3 saturated carbocycles. The maximum Gasteiger partial charge on any atom is 0.142 e. The van der Waals surface area contributed by atoms with Crippen molar-refractivity contribution in [2.45, 2.75) is 103 Å². The van der Waals surface area contributed by atoms with E-state index in [1.54, 1.807) is 0 Å². The Kier molecular flexibility index (Phi) is 7.19. The minimum Gasteiger partial charge on any atom is -0.393 e. The first-order valence-electron chi connectivity index (χ1n) is 11.6. The molecule has 27 heavy (non-hydrogen) atoms. The molecule has 0 heterocycles. The third-order valence-corrected chi connectivity index (χ3v) is 7.92. The van der Waals surface area contributed by atoms with Gasteiger partial charge in [-0.1, -0.05) is 70.9 Å². The molecule has 0 amide bonds. The molecule has 0 aliphatic heterocycles. The van der Waals surface area contributed by atoms with Gasteiger partial charge in [-0.3, -0.25) is 4.79 Å². The lowest BCUT2D eigenvalue weighted by Gasteiger charge is -2.58. The average Bonchev–Trinajstić information content (AvgIpc) is 2.69. The van der Waals surface area contributed by atoms with Gasteiger partial charge in [0.2, 0.25) is 0 Å². The third-order valence-electron chi connectivity index (χ3n) is 7.92. The van der Waals surface area contributed by atoms with Gasteiger partial charge in [-0.25, -0.2) is 0 Å². The Hall–Kier alpha value is -0.670. The molecule has 154 valence electrons. The lowest BCUT2D eigenvalue weighted by Crippen LogP contribution is -2.62. The van der Waals surface area contributed by atoms with E-state index in [0.717, 1.165) is 32.1 Å². The Bertz CT molecular complexity index is 522. The van der Waals surface area contributed by atoms with E-state index >= 15 is 0 Å². The van der Waals surface area contributed by atoms with Crippen LogP contribution in [-0.2, 0) is 4.79 Å². The Balaban J connectivity index is 1.66. The first kappa shape index (κ1) is 21.0. The van der Waals surface area contributed by atoms with E-state index in [0.29, 0.717) is 18.1 Å². The highest BCUT2D eigenvalue weighted by molar-refractivity contribution is 5.94. The molecule has 0 radical (unpaired) electrons. The zero-order valence-electron chi connectivity index (χ0n) is 17.4.